The van der Waals surface area contributed by atoms with Gasteiger partial charge in [-0.25, -0.2) is 5.10 Å². The van der Waals surface area contributed by atoms with Crippen LogP contribution in [-0.2, 0) is 0 Å². The molecule has 0 aliphatic rings. The molecule has 0 atom stereocenters. The van der Waals surface area contributed by atoms with Crippen LogP contribution in [0.4, 0.5) is 11.4 Å². The van der Waals surface area contributed by atoms with Gasteiger partial charge in [0.2, 0.25) is 5.88 Å². The Hall–Kier alpha value is -3.02. The highest BCUT2D eigenvalue weighted by atomic mass is 16.5. The molecule has 1 aromatic heterocycles. The molecule has 1 heterocycles. The van der Waals surface area contributed by atoms with Crippen LogP contribution in [0.25, 0.3) is 0 Å². The number of aromatic amines is 1. The van der Waals surface area contributed by atoms with E-state index in [1.807, 2.05) is 48.5 Å². The molecule has 0 aliphatic carbocycles. The van der Waals surface area contributed by atoms with Gasteiger partial charge >= 0.3 is 0 Å². The predicted octanol–water partition coefficient (Wildman–Crippen LogP) is 3.81. The number of nitrogens with one attached hydrogen (secondary N) is 1. The van der Waals surface area contributed by atoms with Crippen molar-refractivity contribution < 1.29 is 4.74 Å². The SMILES string of the molecule is [c]1nn[nH]c1Oc1ccccc1N=Nc1ccccc1. The molecule has 1 N–H and O–H groups in total. The first-order chi connectivity index (χ1) is 9.92. The normalized spacial score (nSPS) is 10.8. The largest absolute Gasteiger partial charge is 0.435 e. The van der Waals surface area contributed by atoms with Crippen LogP contribution >= 0.6 is 0 Å². The lowest BCUT2D eigenvalue weighted by molar-refractivity contribution is 0.461. The van der Waals surface area contributed by atoms with Crippen LogP contribution < -0.4 is 4.74 Å². The molecule has 0 spiro atoms. The molecule has 3 aromatic rings. The van der Waals surface area contributed by atoms with Gasteiger partial charge in [-0.1, -0.05) is 35.5 Å². The molecule has 0 amide bonds. The summed E-state index contributed by atoms with van der Waals surface area (Å²) < 4.78 is 5.55. The summed E-state index contributed by atoms with van der Waals surface area (Å²) in [6, 6.07) is 16.8. The fraction of sp³-hybridized carbons (Fsp3) is 0. The lowest BCUT2D eigenvalue weighted by atomic mass is 10.3. The number of azo groups is 1. The molecule has 0 unspecified atom stereocenters. The number of hydrogen-bond acceptors (Lipinski definition) is 5. The third-order valence-corrected chi connectivity index (χ3v) is 2.46. The van der Waals surface area contributed by atoms with Crippen LogP contribution in [0.3, 0.4) is 0 Å². The van der Waals surface area contributed by atoms with Gasteiger partial charge in [0.15, 0.2) is 11.9 Å². The fourth-order valence-electron chi connectivity index (χ4n) is 1.55. The van der Waals surface area contributed by atoms with E-state index in [4.69, 9.17) is 4.74 Å². The van der Waals surface area contributed by atoms with Crippen LogP contribution in [0.2, 0.25) is 0 Å². The smallest absolute Gasteiger partial charge is 0.245 e. The molecule has 3 rings (SSSR count). The summed E-state index contributed by atoms with van der Waals surface area (Å²) in [6.45, 7) is 0. The summed E-state index contributed by atoms with van der Waals surface area (Å²) in [7, 11) is 0. The van der Waals surface area contributed by atoms with Gasteiger partial charge in [0.1, 0.15) is 5.69 Å². The van der Waals surface area contributed by atoms with Gasteiger partial charge in [0, 0.05) is 0 Å². The fourth-order valence-corrected chi connectivity index (χ4v) is 1.55. The summed E-state index contributed by atoms with van der Waals surface area (Å²) in [5.74, 6) is 0.877. The van der Waals surface area contributed by atoms with Gasteiger partial charge in [-0.15, -0.1) is 10.2 Å². The maximum atomic E-state index is 5.55. The Bertz CT molecular complexity index is 695. The van der Waals surface area contributed by atoms with E-state index >= 15 is 0 Å². The van der Waals surface area contributed by atoms with E-state index in [2.05, 4.69) is 31.8 Å². The number of aromatic nitrogens is 3. The van der Waals surface area contributed by atoms with Crippen LogP contribution in [0, 0.1) is 6.20 Å². The van der Waals surface area contributed by atoms with Crippen molar-refractivity contribution in [2.75, 3.05) is 0 Å². The molecule has 97 valence electrons. The van der Waals surface area contributed by atoms with Crippen LogP contribution in [0.1, 0.15) is 0 Å². The summed E-state index contributed by atoms with van der Waals surface area (Å²) in [4.78, 5) is 0. The Morgan fingerprint density at radius 2 is 1.75 bits per heavy atom. The predicted molar refractivity (Wildman–Crippen MR) is 72.4 cm³/mol. The zero-order valence-corrected chi connectivity index (χ0v) is 10.4. The van der Waals surface area contributed by atoms with Crippen molar-refractivity contribution in [1.29, 1.82) is 0 Å². The Morgan fingerprint density at radius 1 is 0.950 bits per heavy atom. The minimum Gasteiger partial charge on any atom is -0.435 e. The second kappa shape index (κ2) is 5.75. The summed E-state index contributed by atoms with van der Waals surface area (Å²) >= 11 is 0. The highest BCUT2D eigenvalue weighted by Crippen LogP contribution is 2.31. The number of nitrogens with zero attached hydrogens (tertiary/aromatic N) is 4. The number of benzene rings is 2. The average molecular weight is 264 g/mol. The number of rotatable bonds is 4. The van der Waals surface area contributed by atoms with Crippen molar-refractivity contribution in [3.8, 4) is 11.6 Å². The van der Waals surface area contributed by atoms with Gasteiger partial charge in [-0.3, -0.25) is 0 Å². The number of para-hydroxylation sites is 1. The average Bonchev–Trinajstić information content (AvgIpc) is 3.00. The van der Waals surface area contributed by atoms with Gasteiger partial charge < -0.3 is 4.74 Å². The van der Waals surface area contributed by atoms with E-state index in [1.54, 1.807) is 6.07 Å². The molecule has 0 saturated heterocycles. The third-order valence-electron chi connectivity index (χ3n) is 2.46. The zero-order valence-electron chi connectivity index (χ0n) is 10.4. The molecule has 6 nitrogen and oxygen atoms in total. The summed E-state index contributed by atoms with van der Waals surface area (Å²) in [5.41, 5.74) is 1.39. The Labute approximate surface area is 115 Å². The van der Waals surface area contributed by atoms with Crippen molar-refractivity contribution >= 4 is 11.4 Å². The van der Waals surface area contributed by atoms with Crippen molar-refractivity contribution in [1.82, 2.24) is 15.4 Å². The monoisotopic (exact) mass is 264 g/mol. The second-order valence-corrected chi connectivity index (χ2v) is 3.86. The van der Waals surface area contributed by atoms with Gasteiger partial charge in [0.05, 0.1) is 5.69 Å². The summed E-state index contributed by atoms with van der Waals surface area (Å²) in [5, 5.41) is 18.0. The van der Waals surface area contributed by atoms with Gasteiger partial charge in [-0.05, 0) is 24.3 Å². The molecule has 0 aliphatic heterocycles. The quantitative estimate of drug-likeness (QED) is 0.728. The first kappa shape index (κ1) is 12.0. The van der Waals surface area contributed by atoms with Crippen molar-refractivity contribution in [2.45, 2.75) is 0 Å². The molecule has 2 aromatic carbocycles. The first-order valence-corrected chi connectivity index (χ1v) is 5.94. The van der Waals surface area contributed by atoms with E-state index < -0.39 is 0 Å². The second-order valence-electron chi connectivity index (χ2n) is 3.86. The van der Waals surface area contributed by atoms with Crippen LogP contribution in [0.15, 0.2) is 64.8 Å². The molecule has 6 heteroatoms. The molecule has 20 heavy (non-hydrogen) atoms. The van der Waals surface area contributed by atoms with Crippen LogP contribution in [-0.4, -0.2) is 15.4 Å². The van der Waals surface area contributed by atoms with Gasteiger partial charge in [0.25, 0.3) is 0 Å². The maximum Gasteiger partial charge on any atom is 0.245 e. The van der Waals surface area contributed by atoms with E-state index in [-0.39, 0.29) is 0 Å². The molecule has 1 radical (unpaired) electrons. The van der Waals surface area contributed by atoms with E-state index in [0.29, 0.717) is 17.3 Å². The topological polar surface area (TPSA) is 75.5 Å². The highest BCUT2D eigenvalue weighted by molar-refractivity contribution is 5.52. The number of hydrogen-bond donors (Lipinski definition) is 1. The Morgan fingerprint density at radius 3 is 2.55 bits per heavy atom. The minimum atomic E-state index is 0.326. The van der Waals surface area contributed by atoms with E-state index in [0.717, 1.165) is 5.69 Å². The molecule has 0 bridgehead atoms. The maximum absolute atomic E-state index is 5.55. The van der Waals surface area contributed by atoms with Crippen LogP contribution in [0.5, 0.6) is 11.6 Å². The van der Waals surface area contributed by atoms with Crippen molar-refractivity contribution in [3.63, 3.8) is 0 Å². The first-order valence-electron chi connectivity index (χ1n) is 5.94. The highest BCUT2D eigenvalue weighted by Gasteiger charge is 2.05. The molecular weight excluding hydrogens is 254 g/mol. The molecule has 0 fully saturated rings. The number of H-pyrrole nitrogens is 1. The van der Waals surface area contributed by atoms with Gasteiger partial charge in [-0.2, -0.15) is 5.11 Å². The molecular formula is C14H10N5O. The standard InChI is InChI=1S/C14H10N5O/c1-2-6-11(7-3-1)16-17-12-8-4-5-9-13(12)20-14-10-15-19-18-14/h1-9H,(H,15,18,19). The Balaban J connectivity index is 1.84. The Kier molecular flexibility index (Phi) is 3.46. The number of ether oxygens (including phenoxy) is 1. The zero-order chi connectivity index (χ0) is 13.6. The summed E-state index contributed by atoms with van der Waals surface area (Å²) in [6.07, 6.45) is 2.58. The minimum absolute atomic E-state index is 0.326. The lowest BCUT2D eigenvalue weighted by Gasteiger charge is -2.03. The van der Waals surface area contributed by atoms with Crippen molar-refractivity contribution in [3.05, 3.63) is 60.8 Å². The van der Waals surface area contributed by atoms with E-state index in [1.165, 1.54) is 0 Å². The van der Waals surface area contributed by atoms with Crippen molar-refractivity contribution in [2.24, 2.45) is 10.2 Å². The van der Waals surface area contributed by atoms with E-state index in [9.17, 15) is 0 Å². The third kappa shape index (κ3) is 2.86. The lowest BCUT2D eigenvalue weighted by Crippen LogP contribution is -1.84. The molecule has 0 saturated carbocycles.